The van der Waals surface area contributed by atoms with Crippen molar-refractivity contribution in [2.45, 2.75) is 93.8 Å². The summed E-state index contributed by atoms with van der Waals surface area (Å²) in [5.41, 5.74) is 4.00. The average molecular weight is 503 g/mol. The number of rotatable bonds is 2. The van der Waals surface area contributed by atoms with Crippen molar-refractivity contribution in [1.29, 1.82) is 0 Å². The summed E-state index contributed by atoms with van der Waals surface area (Å²) >= 11 is 0. The van der Waals surface area contributed by atoms with Gasteiger partial charge < -0.3 is 4.74 Å². The van der Waals surface area contributed by atoms with Crippen LogP contribution in [0.3, 0.4) is 0 Å². The van der Waals surface area contributed by atoms with E-state index in [0.717, 1.165) is 38.5 Å². The molecule has 6 atom stereocenters. The number of allylic oxidation sites excluding steroid dienone is 1. The average Bonchev–Trinajstić information content (AvgIpc) is 3.54. The van der Waals surface area contributed by atoms with Crippen LogP contribution in [0.1, 0.15) is 76.2 Å². The Labute approximate surface area is 218 Å². The van der Waals surface area contributed by atoms with E-state index in [-0.39, 0.29) is 35.6 Å². The second-order valence-electron chi connectivity index (χ2n) is 13.2. The van der Waals surface area contributed by atoms with Crippen molar-refractivity contribution in [3.8, 4) is 0 Å². The molecule has 6 aliphatic rings. The maximum Gasteiger partial charge on any atom is 0.261 e. The van der Waals surface area contributed by atoms with E-state index in [9.17, 15) is 8.78 Å². The van der Waals surface area contributed by atoms with Crippen molar-refractivity contribution >= 4 is 10.8 Å². The third-order valence-electron chi connectivity index (χ3n) is 11.4. The van der Waals surface area contributed by atoms with E-state index < -0.39 is 5.92 Å². The molecular formula is C32H36F2N2O. The molecule has 1 aromatic heterocycles. The molecule has 2 saturated carbocycles. The highest BCUT2D eigenvalue weighted by molar-refractivity contribution is 5.82. The number of alkyl halides is 2. The van der Waals surface area contributed by atoms with Crippen LogP contribution >= 0.6 is 0 Å². The van der Waals surface area contributed by atoms with E-state index in [2.05, 4.69) is 53.2 Å². The fourth-order valence-electron chi connectivity index (χ4n) is 9.64. The van der Waals surface area contributed by atoms with Gasteiger partial charge in [-0.15, -0.1) is 0 Å². The monoisotopic (exact) mass is 502 g/mol. The van der Waals surface area contributed by atoms with Gasteiger partial charge in [-0.1, -0.05) is 31.2 Å². The lowest BCUT2D eigenvalue weighted by molar-refractivity contribution is -0.141. The summed E-state index contributed by atoms with van der Waals surface area (Å²) in [5, 5.41) is 2.47. The fourth-order valence-corrected chi connectivity index (χ4v) is 9.64. The first kappa shape index (κ1) is 22.8. The summed E-state index contributed by atoms with van der Waals surface area (Å²) in [6, 6.07) is 9.26. The molecular weight excluding hydrogens is 466 g/mol. The van der Waals surface area contributed by atoms with Gasteiger partial charge in [-0.3, -0.25) is 9.88 Å². The zero-order valence-corrected chi connectivity index (χ0v) is 21.7. The molecule has 2 bridgehead atoms. The van der Waals surface area contributed by atoms with Gasteiger partial charge in [0, 0.05) is 36.8 Å². The molecule has 3 nitrogen and oxygen atoms in total. The highest BCUT2D eigenvalue weighted by Gasteiger charge is 2.66. The molecule has 194 valence electrons. The van der Waals surface area contributed by atoms with E-state index in [0.29, 0.717) is 18.4 Å². The number of hydrogen-bond donors (Lipinski definition) is 0. The molecule has 1 unspecified atom stereocenters. The molecule has 4 fully saturated rings. The summed E-state index contributed by atoms with van der Waals surface area (Å²) in [5.74, 6) is -1.54. The highest BCUT2D eigenvalue weighted by Crippen LogP contribution is 2.69. The minimum Gasteiger partial charge on any atom is -0.359 e. The first-order valence-corrected chi connectivity index (χ1v) is 14.4. The molecule has 5 heteroatoms. The molecule has 0 N–H and O–H groups in total. The van der Waals surface area contributed by atoms with Crippen molar-refractivity contribution in [2.75, 3.05) is 13.1 Å². The lowest BCUT2D eigenvalue weighted by atomic mass is 9.58. The van der Waals surface area contributed by atoms with Crippen LogP contribution in [-0.4, -0.2) is 46.1 Å². The van der Waals surface area contributed by atoms with E-state index in [1.807, 2.05) is 12.4 Å². The summed E-state index contributed by atoms with van der Waals surface area (Å²) in [7, 11) is 0. The Bertz CT molecular complexity index is 1350. The van der Waals surface area contributed by atoms with E-state index in [1.54, 1.807) is 0 Å². The van der Waals surface area contributed by atoms with Crippen molar-refractivity contribution in [3.05, 3.63) is 65.5 Å². The van der Waals surface area contributed by atoms with E-state index in [4.69, 9.17) is 4.74 Å². The Balaban J connectivity index is 1.12. The Kier molecular flexibility index (Phi) is 4.63. The number of nitrogens with zero attached hydrogens (tertiary/aromatic N) is 2. The number of fused-ring (bicyclic) bond motifs is 2. The number of likely N-dealkylation sites (tertiary alicyclic amines) is 1. The Morgan fingerprint density at radius 3 is 2.84 bits per heavy atom. The van der Waals surface area contributed by atoms with Crippen LogP contribution in [0.5, 0.6) is 0 Å². The van der Waals surface area contributed by atoms with Gasteiger partial charge in [-0.25, -0.2) is 8.78 Å². The van der Waals surface area contributed by atoms with Crippen molar-refractivity contribution < 1.29 is 13.5 Å². The summed E-state index contributed by atoms with van der Waals surface area (Å²) in [4.78, 5) is 6.43. The molecule has 3 aliphatic heterocycles. The summed E-state index contributed by atoms with van der Waals surface area (Å²) < 4.78 is 35.5. The third kappa shape index (κ3) is 3.13. The molecule has 8 rings (SSSR count). The predicted molar refractivity (Wildman–Crippen MR) is 141 cm³/mol. The van der Waals surface area contributed by atoms with Gasteiger partial charge in [0.2, 0.25) is 0 Å². The van der Waals surface area contributed by atoms with Crippen LogP contribution in [0.15, 0.2) is 60.0 Å². The van der Waals surface area contributed by atoms with Crippen molar-refractivity contribution in [3.63, 3.8) is 0 Å². The summed E-state index contributed by atoms with van der Waals surface area (Å²) in [6.45, 7) is 2.95. The zero-order valence-electron chi connectivity index (χ0n) is 21.7. The fraction of sp³-hybridized carbons (Fsp3) is 0.594. The zero-order chi connectivity index (χ0) is 25.0. The number of benzene rings is 1. The molecule has 1 aromatic carbocycles. The predicted octanol–water partition coefficient (Wildman–Crippen LogP) is 7.19. The molecule has 4 heterocycles. The maximum atomic E-state index is 14.0. The van der Waals surface area contributed by atoms with Crippen LogP contribution in [0.25, 0.3) is 10.8 Å². The van der Waals surface area contributed by atoms with Crippen molar-refractivity contribution in [1.82, 2.24) is 9.88 Å². The molecule has 0 amide bonds. The van der Waals surface area contributed by atoms with E-state index >= 15 is 0 Å². The van der Waals surface area contributed by atoms with Crippen molar-refractivity contribution in [2.24, 2.45) is 11.3 Å². The van der Waals surface area contributed by atoms with Gasteiger partial charge >= 0.3 is 0 Å². The van der Waals surface area contributed by atoms with Gasteiger partial charge in [-0.05, 0) is 103 Å². The van der Waals surface area contributed by atoms with Gasteiger partial charge in [-0.2, -0.15) is 0 Å². The SMILES string of the molecule is C[C@]12CC=C3C=C4CC[C@@H](N5CCC(F)(F)C5)C[C@]45CCC3(O5)[C@@H]1CC[C@@H]2c1ccc2ccncc2c1. The standard InChI is InChI=1S/C32H36F2N2O/c1-29-10-8-25-17-24-4-5-26(36-15-13-31(33,34)20-36)18-30(24)11-12-32(25,37-30)28(29)7-6-27(29)22-3-2-21-9-14-35-19-23(21)16-22/h2-3,8-9,14,16-17,19,26-28H,4-7,10-13,15,18,20H2,1H3/t26-,27-,28-,29-,30-,32?/m1/s1. The number of pyridine rings is 1. The lowest BCUT2D eigenvalue weighted by Gasteiger charge is -2.55. The molecule has 3 aliphatic carbocycles. The smallest absolute Gasteiger partial charge is 0.261 e. The molecule has 2 aromatic rings. The van der Waals surface area contributed by atoms with Gasteiger partial charge in [0.05, 0.1) is 17.7 Å². The van der Waals surface area contributed by atoms with Crippen LogP contribution in [0, 0.1) is 11.3 Å². The molecule has 37 heavy (non-hydrogen) atoms. The number of hydrogen-bond acceptors (Lipinski definition) is 3. The van der Waals surface area contributed by atoms with Crippen LogP contribution in [-0.2, 0) is 4.74 Å². The quantitative estimate of drug-likeness (QED) is 0.435. The van der Waals surface area contributed by atoms with E-state index in [1.165, 1.54) is 40.3 Å². The van der Waals surface area contributed by atoms with Gasteiger partial charge in [0.1, 0.15) is 0 Å². The van der Waals surface area contributed by atoms with Crippen LogP contribution < -0.4 is 0 Å². The Hall–Kier alpha value is -2.11. The largest absolute Gasteiger partial charge is 0.359 e. The highest BCUT2D eigenvalue weighted by atomic mass is 19.3. The topological polar surface area (TPSA) is 25.4 Å². The molecule has 0 radical (unpaired) electrons. The second-order valence-corrected chi connectivity index (χ2v) is 13.2. The van der Waals surface area contributed by atoms with Crippen LogP contribution in [0.4, 0.5) is 8.78 Å². The number of halogens is 2. The third-order valence-corrected chi connectivity index (χ3v) is 11.4. The Morgan fingerprint density at radius 1 is 1.05 bits per heavy atom. The number of ether oxygens (including phenoxy) is 1. The van der Waals surface area contributed by atoms with Crippen LogP contribution in [0.2, 0.25) is 0 Å². The van der Waals surface area contributed by atoms with Gasteiger partial charge in [0.15, 0.2) is 0 Å². The first-order chi connectivity index (χ1) is 17.8. The first-order valence-electron chi connectivity index (χ1n) is 14.4. The molecule has 2 saturated heterocycles. The maximum absolute atomic E-state index is 14.0. The normalized spacial score (nSPS) is 42.2. The minimum atomic E-state index is -2.53. The Morgan fingerprint density at radius 2 is 1.97 bits per heavy atom. The minimum absolute atomic E-state index is 0.00350. The summed E-state index contributed by atoms with van der Waals surface area (Å²) in [6.07, 6.45) is 17.3. The lowest BCUT2D eigenvalue weighted by Crippen LogP contribution is -2.55. The number of aromatic nitrogens is 1. The second kappa shape index (κ2) is 7.51. The molecule has 2 spiro atoms. The van der Waals surface area contributed by atoms with Gasteiger partial charge in [0.25, 0.3) is 5.92 Å².